The molecule has 0 radical (unpaired) electrons. The number of hydrogen-bond donors (Lipinski definition) is 1. The monoisotopic (exact) mass is 342 g/mol. The number of amides is 3. The van der Waals surface area contributed by atoms with Gasteiger partial charge in [-0.15, -0.1) is 0 Å². The highest BCUT2D eigenvalue weighted by Gasteiger charge is 2.34. The number of nitrogens with zero attached hydrogens (tertiary/aromatic N) is 1. The van der Waals surface area contributed by atoms with Gasteiger partial charge in [0.25, 0.3) is 11.8 Å². The molecule has 0 saturated carbocycles. The van der Waals surface area contributed by atoms with E-state index in [1.807, 2.05) is 6.92 Å². The van der Waals surface area contributed by atoms with Crippen LogP contribution in [0.5, 0.6) is 0 Å². The van der Waals surface area contributed by atoms with Crippen LogP contribution < -0.4 is 5.32 Å². The summed E-state index contributed by atoms with van der Waals surface area (Å²) in [5.41, 5.74) is 2.27. The normalized spacial score (nSPS) is 13.2. The fraction of sp³-hybridized carbons (Fsp3) is 0.167. The van der Waals surface area contributed by atoms with Crippen molar-refractivity contribution in [2.24, 2.45) is 0 Å². The Bertz CT molecular complexity index is 813. The van der Waals surface area contributed by atoms with Gasteiger partial charge in [-0.2, -0.15) is 0 Å². The van der Waals surface area contributed by atoms with Crippen LogP contribution in [-0.2, 0) is 4.79 Å². The zero-order chi connectivity index (χ0) is 17.3. The lowest BCUT2D eigenvalue weighted by molar-refractivity contribution is -0.116. The molecule has 1 aliphatic heterocycles. The maximum absolute atomic E-state index is 12.2. The standard InChI is InChI=1S/C18H15ClN2O3/c1-11-10-12(19)6-7-15(11)20-16(22)8-9-21-17(23)13-4-2-3-5-14(13)18(21)24/h2-7,10H,8-9H2,1H3,(H,20,22). The van der Waals surface area contributed by atoms with Gasteiger partial charge in [0.15, 0.2) is 0 Å². The Morgan fingerprint density at radius 2 is 1.71 bits per heavy atom. The molecule has 5 nitrogen and oxygen atoms in total. The highest BCUT2D eigenvalue weighted by Crippen LogP contribution is 2.23. The van der Waals surface area contributed by atoms with E-state index in [2.05, 4.69) is 5.32 Å². The molecule has 0 atom stereocenters. The van der Waals surface area contributed by atoms with Crippen molar-refractivity contribution in [3.63, 3.8) is 0 Å². The molecule has 6 heteroatoms. The smallest absolute Gasteiger partial charge is 0.261 e. The first-order chi connectivity index (χ1) is 11.5. The summed E-state index contributed by atoms with van der Waals surface area (Å²) in [6.45, 7) is 1.89. The fourth-order valence-electron chi connectivity index (χ4n) is 2.64. The maximum atomic E-state index is 12.2. The van der Waals surface area contributed by atoms with E-state index in [-0.39, 0.29) is 30.7 Å². The first kappa shape index (κ1) is 16.2. The van der Waals surface area contributed by atoms with Gasteiger partial charge in [0.1, 0.15) is 0 Å². The minimum Gasteiger partial charge on any atom is -0.326 e. The summed E-state index contributed by atoms with van der Waals surface area (Å²) in [4.78, 5) is 37.7. The molecule has 1 aliphatic rings. The van der Waals surface area contributed by atoms with Crippen LogP contribution in [0.2, 0.25) is 5.02 Å². The molecule has 122 valence electrons. The molecule has 0 fully saturated rings. The van der Waals surface area contributed by atoms with Gasteiger partial charge in [0.2, 0.25) is 5.91 Å². The summed E-state index contributed by atoms with van der Waals surface area (Å²) in [5.74, 6) is -0.978. The Morgan fingerprint density at radius 1 is 1.08 bits per heavy atom. The van der Waals surface area contributed by atoms with E-state index in [0.717, 1.165) is 10.5 Å². The highest BCUT2D eigenvalue weighted by molar-refractivity contribution is 6.30. The Balaban J connectivity index is 1.63. The third-order valence-corrected chi connectivity index (χ3v) is 4.14. The lowest BCUT2D eigenvalue weighted by Crippen LogP contribution is -2.32. The second kappa shape index (κ2) is 6.45. The van der Waals surface area contributed by atoms with Gasteiger partial charge < -0.3 is 5.32 Å². The minimum absolute atomic E-state index is 0.0353. The van der Waals surface area contributed by atoms with Crippen LogP contribution in [0, 0.1) is 6.92 Å². The second-order valence-corrected chi connectivity index (χ2v) is 6.00. The van der Waals surface area contributed by atoms with Crippen molar-refractivity contribution in [2.45, 2.75) is 13.3 Å². The minimum atomic E-state index is -0.355. The van der Waals surface area contributed by atoms with Crippen LogP contribution >= 0.6 is 11.6 Å². The first-order valence-electron chi connectivity index (χ1n) is 7.48. The van der Waals surface area contributed by atoms with Gasteiger partial charge in [0.05, 0.1) is 11.1 Å². The van der Waals surface area contributed by atoms with Crippen LogP contribution in [0.3, 0.4) is 0 Å². The predicted octanol–water partition coefficient (Wildman–Crippen LogP) is 3.27. The van der Waals surface area contributed by atoms with Gasteiger partial charge in [-0.05, 0) is 42.8 Å². The van der Waals surface area contributed by atoms with Crippen LogP contribution in [0.25, 0.3) is 0 Å². The van der Waals surface area contributed by atoms with Crippen molar-refractivity contribution in [3.8, 4) is 0 Å². The average molecular weight is 343 g/mol. The number of fused-ring (bicyclic) bond motifs is 1. The predicted molar refractivity (Wildman–Crippen MR) is 91.2 cm³/mol. The zero-order valence-corrected chi connectivity index (χ0v) is 13.8. The number of carbonyl (C=O) groups excluding carboxylic acids is 3. The van der Waals surface area contributed by atoms with Crippen LogP contribution in [0.15, 0.2) is 42.5 Å². The lowest BCUT2D eigenvalue weighted by Gasteiger charge is -2.14. The van der Waals surface area contributed by atoms with E-state index in [1.165, 1.54) is 0 Å². The number of imide groups is 1. The number of aryl methyl sites for hydroxylation is 1. The van der Waals surface area contributed by atoms with E-state index >= 15 is 0 Å². The lowest BCUT2D eigenvalue weighted by atomic mass is 10.1. The van der Waals surface area contributed by atoms with E-state index < -0.39 is 0 Å². The van der Waals surface area contributed by atoms with Gasteiger partial charge in [-0.1, -0.05) is 23.7 Å². The second-order valence-electron chi connectivity index (χ2n) is 5.56. The summed E-state index contributed by atoms with van der Waals surface area (Å²) >= 11 is 5.88. The first-order valence-corrected chi connectivity index (χ1v) is 7.86. The fourth-order valence-corrected chi connectivity index (χ4v) is 2.86. The number of benzene rings is 2. The van der Waals surface area contributed by atoms with Gasteiger partial charge >= 0.3 is 0 Å². The average Bonchev–Trinajstić information content (AvgIpc) is 2.80. The third kappa shape index (κ3) is 3.03. The molecule has 0 unspecified atom stereocenters. The summed E-state index contributed by atoms with van der Waals surface area (Å²) in [5, 5.41) is 3.36. The van der Waals surface area contributed by atoms with Crippen molar-refractivity contribution in [2.75, 3.05) is 11.9 Å². The molecule has 0 aliphatic carbocycles. The Morgan fingerprint density at radius 3 is 2.29 bits per heavy atom. The molecular formula is C18H15ClN2O3. The zero-order valence-electron chi connectivity index (χ0n) is 13.0. The number of halogens is 1. The largest absolute Gasteiger partial charge is 0.326 e. The van der Waals surface area contributed by atoms with Crippen LogP contribution in [0.4, 0.5) is 5.69 Å². The third-order valence-electron chi connectivity index (χ3n) is 3.90. The molecule has 1 N–H and O–H groups in total. The molecule has 1 heterocycles. The van der Waals surface area contributed by atoms with Gasteiger partial charge in [0, 0.05) is 23.7 Å². The molecule has 0 spiro atoms. The van der Waals surface area contributed by atoms with Gasteiger partial charge in [-0.3, -0.25) is 19.3 Å². The van der Waals surface area contributed by atoms with Crippen LogP contribution in [-0.4, -0.2) is 29.2 Å². The molecule has 0 bridgehead atoms. The topological polar surface area (TPSA) is 66.5 Å². The van der Waals surface area contributed by atoms with Crippen molar-refractivity contribution < 1.29 is 14.4 Å². The molecule has 0 saturated heterocycles. The molecule has 0 aromatic heterocycles. The number of nitrogens with one attached hydrogen (secondary N) is 1. The molecule has 3 rings (SSSR count). The van der Waals surface area contributed by atoms with Crippen molar-refractivity contribution in [3.05, 3.63) is 64.2 Å². The summed E-state index contributed by atoms with van der Waals surface area (Å²) in [6, 6.07) is 11.8. The molecule has 2 aromatic carbocycles. The Labute approximate surface area is 144 Å². The van der Waals surface area contributed by atoms with Gasteiger partial charge in [-0.25, -0.2) is 0 Å². The molecule has 3 amide bonds. The molecule has 24 heavy (non-hydrogen) atoms. The quantitative estimate of drug-likeness (QED) is 0.867. The van der Waals surface area contributed by atoms with Crippen molar-refractivity contribution >= 4 is 35.0 Å². The highest BCUT2D eigenvalue weighted by atomic mass is 35.5. The van der Waals surface area contributed by atoms with Crippen molar-refractivity contribution in [1.29, 1.82) is 0 Å². The van der Waals surface area contributed by atoms with E-state index in [1.54, 1.807) is 42.5 Å². The Kier molecular flexibility index (Phi) is 4.36. The van der Waals surface area contributed by atoms with E-state index in [0.29, 0.717) is 21.8 Å². The SMILES string of the molecule is Cc1cc(Cl)ccc1NC(=O)CCN1C(=O)c2ccccc2C1=O. The summed E-state index contributed by atoms with van der Waals surface area (Å²) < 4.78 is 0. The summed E-state index contributed by atoms with van der Waals surface area (Å²) in [6.07, 6.45) is 0.0353. The number of hydrogen-bond acceptors (Lipinski definition) is 3. The molecular weight excluding hydrogens is 328 g/mol. The van der Waals surface area contributed by atoms with Crippen molar-refractivity contribution in [1.82, 2.24) is 4.90 Å². The van der Waals surface area contributed by atoms with E-state index in [9.17, 15) is 14.4 Å². The van der Waals surface area contributed by atoms with Crippen LogP contribution in [0.1, 0.15) is 32.7 Å². The summed E-state index contributed by atoms with van der Waals surface area (Å²) in [7, 11) is 0. The molecule has 2 aromatic rings. The number of anilines is 1. The van der Waals surface area contributed by atoms with E-state index in [4.69, 9.17) is 11.6 Å². The number of rotatable bonds is 4. The Hall–Kier alpha value is -2.66. The maximum Gasteiger partial charge on any atom is 0.261 e. The number of carbonyl (C=O) groups is 3.